The average molecular weight is 128 g/mol. The van der Waals surface area contributed by atoms with Crippen molar-refractivity contribution in [2.24, 2.45) is 0 Å². The van der Waals surface area contributed by atoms with E-state index in [0.717, 1.165) is 13.1 Å². The molecule has 52 valence electrons. The second-order valence-corrected chi connectivity index (χ2v) is 2.62. The van der Waals surface area contributed by atoms with E-state index < -0.39 is 0 Å². The molecule has 4 heteroatoms. The molecule has 0 saturated carbocycles. The van der Waals surface area contributed by atoms with Gasteiger partial charge in [0.1, 0.15) is 0 Å². The maximum Gasteiger partial charge on any atom is 0.0518 e. The molecule has 2 atom stereocenters. The second-order valence-electron chi connectivity index (χ2n) is 2.62. The van der Waals surface area contributed by atoms with Crippen molar-refractivity contribution in [2.45, 2.75) is 18.5 Å². The molecule has 0 aliphatic carbocycles. The van der Waals surface area contributed by atoms with Crippen LogP contribution in [0.2, 0.25) is 0 Å². The fourth-order valence-corrected chi connectivity index (χ4v) is 1.41. The lowest BCUT2D eigenvalue weighted by atomic mass is 10.0. The molecule has 2 unspecified atom stereocenters. The lowest BCUT2D eigenvalue weighted by Gasteiger charge is -2.23. The van der Waals surface area contributed by atoms with E-state index in [0.29, 0.717) is 12.1 Å². The van der Waals surface area contributed by atoms with E-state index in [1.165, 1.54) is 6.42 Å². The van der Waals surface area contributed by atoms with Gasteiger partial charge in [-0.1, -0.05) is 0 Å². The van der Waals surface area contributed by atoms with Crippen LogP contribution in [0.25, 0.3) is 0 Å². The summed E-state index contributed by atoms with van der Waals surface area (Å²) >= 11 is 0. The van der Waals surface area contributed by atoms with Crippen LogP contribution in [0.3, 0.4) is 0 Å². The second kappa shape index (κ2) is 2.22. The molecular weight excluding hydrogens is 116 g/mol. The van der Waals surface area contributed by atoms with Gasteiger partial charge in [-0.05, 0) is 13.0 Å². The molecule has 0 amide bonds. The fraction of sp³-hybridized carbons (Fsp3) is 1.00. The summed E-state index contributed by atoms with van der Waals surface area (Å²) in [6.07, 6.45) is 1.21. The Hall–Kier alpha value is -0.160. The summed E-state index contributed by atoms with van der Waals surface area (Å²) in [6.45, 7) is 2.21. The van der Waals surface area contributed by atoms with Gasteiger partial charge in [-0.2, -0.15) is 5.53 Å². The van der Waals surface area contributed by atoms with Gasteiger partial charge in [0.15, 0.2) is 0 Å². The van der Waals surface area contributed by atoms with Crippen LogP contribution in [0.5, 0.6) is 0 Å². The molecule has 2 aliphatic heterocycles. The van der Waals surface area contributed by atoms with Crippen LogP contribution in [-0.2, 0) is 0 Å². The van der Waals surface area contributed by atoms with Crippen LogP contribution in [0, 0.1) is 0 Å². The molecule has 2 fully saturated rings. The predicted molar refractivity (Wildman–Crippen MR) is 34.5 cm³/mol. The third kappa shape index (κ3) is 0.943. The monoisotopic (exact) mass is 128 g/mol. The summed E-state index contributed by atoms with van der Waals surface area (Å²) < 4.78 is 0. The first kappa shape index (κ1) is 5.61. The van der Waals surface area contributed by atoms with Gasteiger partial charge in [0.2, 0.25) is 0 Å². The summed E-state index contributed by atoms with van der Waals surface area (Å²) in [6, 6.07) is 1.21. The topological polar surface area (TPSA) is 48.1 Å². The van der Waals surface area contributed by atoms with Crippen LogP contribution >= 0.6 is 0 Å². The standard InChI is InChI=1S/C5H12N4/c1-2-6-3-5-4(1)7-9-8-5/h4-9H,1-3H2. The van der Waals surface area contributed by atoms with Gasteiger partial charge in [0.25, 0.3) is 0 Å². The Labute approximate surface area is 54.3 Å². The van der Waals surface area contributed by atoms with Crippen molar-refractivity contribution in [3.63, 3.8) is 0 Å². The lowest BCUT2D eigenvalue weighted by molar-refractivity contribution is 0.391. The van der Waals surface area contributed by atoms with Crippen molar-refractivity contribution in [1.29, 1.82) is 0 Å². The summed E-state index contributed by atoms with van der Waals surface area (Å²) in [5, 5.41) is 3.31. The molecule has 4 nitrogen and oxygen atoms in total. The SMILES string of the molecule is C1CC2NNNC2CN1. The van der Waals surface area contributed by atoms with Crippen molar-refractivity contribution >= 4 is 0 Å². The fourth-order valence-electron chi connectivity index (χ4n) is 1.41. The predicted octanol–water partition coefficient (Wildman–Crippen LogP) is -1.67. The largest absolute Gasteiger partial charge is 0.315 e. The molecule has 0 radical (unpaired) electrons. The first-order valence-electron chi connectivity index (χ1n) is 3.43. The quantitative estimate of drug-likeness (QED) is 0.315. The Morgan fingerprint density at radius 1 is 1.11 bits per heavy atom. The number of fused-ring (bicyclic) bond motifs is 1. The highest BCUT2D eigenvalue weighted by molar-refractivity contribution is 4.89. The average Bonchev–Trinajstić information content (AvgIpc) is 2.33. The first-order chi connectivity index (χ1) is 4.47. The molecule has 2 rings (SSSR count). The molecule has 2 aliphatic rings. The van der Waals surface area contributed by atoms with E-state index in [1.54, 1.807) is 0 Å². The minimum Gasteiger partial charge on any atom is -0.315 e. The number of rotatable bonds is 0. The number of nitrogens with one attached hydrogen (secondary N) is 4. The van der Waals surface area contributed by atoms with Gasteiger partial charge < -0.3 is 5.32 Å². The normalized spacial score (nSPS) is 42.7. The molecule has 0 aromatic rings. The number of piperidine rings is 1. The molecule has 0 bridgehead atoms. The van der Waals surface area contributed by atoms with Crippen molar-refractivity contribution < 1.29 is 0 Å². The smallest absolute Gasteiger partial charge is 0.0518 e. The van der Waals surface area contributed by atoms with Crippen LogP contribution in [0.1, 0.15) is 6.42 Å². The van der Waals surface area contributed by atoms with E-state index in [4.69, 9.17) is 0 Å². The zero-order valence-electron chi connectivity index (χ0n) is 5.28. The van der Waals surface area contributed by atoms with E-state index >= 15 is 0 Å². The third-order valence-corrected chi connectivity index (χ3v) is 2.00. The van der Waals surface area contributed by atoms with Gasteiger partial charge in [-0.15, -0.1) is 0 Å². The molecule has 9 heavy (non-hydrogen) atoms. The van der Waals surface area contributed by atoms with Crippen molar-refractivity contribution in [3.05, 3.63) is 0 Å². The van der Waals surface area contributed by atoms with Crippen LogP contribution in [0.15, 0.2) is 0 Å². The molecule has 0 aromatic carbocycles. The zero-order valence-corrected chi connectivity index (χ0v) is 5.28. The van der Waals surface area contributed by atoms with Crippen LogP contribution in [0.4, 0.5) is 0 Å². The van der Waals surface area contributed by atoms with Crippen molar-refractivity contribution in [2.75, 3.05) is 13.1 Å². The summed E-state index contributed by atoms with van der Waals surface area (Å²) in [5.41, 5.74) is 9.22. The molecule has 0 aromatic heterocycles. The van der Waals surface area contributed by atoms with Crippen molar-refractivity contribution in [1.82, 2.24) is 21.7 Å². The Bertz CT molecular complexity index is 93.1. The minimum absolute atomic E-state index is 0.582. The Balaban J connectivity index is 1.97. The number of hydrogen-bond donors (Lipinski definition) is 4. The lowest BCUT2D eigenvalue weighted by Crippen LogP contribution is -2.48. The maximum absolute atomic E-state index is 3.31. The summed E-state index contributed by atoms with van der Waals surface area (Å²) in [7, 11) is 0. The number of hydrogen-bond acceptors (Lipinski definition) is 4. The Morgan fingerprint density at radius 2 is 2.00 bits per heavy atom. The minimum atomic E-state index is 0.582. The van der Waals surface area contributed by atoms with Gasteiger partial charge in [0, 0.05) is 12.6 Å². The van der Waals surface area contributed by atoms with E-state index in [9.17, 15) is 0 Å². The molecule has 2 heterocycles. The zero-order chi connectivity index (χ0) is 6.10. The van der Waals surface area contributed by atoms with Gasteiger partial charge >= 0.3 is 0 Å². The van der Waals surface area contributed by atoms with Gasteiger partial charge in [-0.3, -0.25) is 0 Å². The van der Waals surface area contributed by atoms with E-state index in [2.05, 4.69) is 21.7 Å². The highest BCUT2D eigenvalue weighted by atomic mass is 15.7. The van der Waals surface area contributed by atoms with E-state index in [1.807, 2.05) is 0 Å². The van der Waals surface area contributed by atoms with Crippen LogP contribution in [-0.4, -0.2) is 25.2 Å². The first-order valence-corrected chi connectivity index (χ1v) is 3.43. The number of hydrazine groups is 2. The third-order valence-electron chi connectivity index (χ3n) is 2.00. The van der Waals surface area contributed by atoms with E-state index in [-0.39, 0.29) is 0 Å². The summed E-state index contributed by atoms with van der Waals surface area (Å²) in [4.78, 5) is 0. The van der Waals surface area contributed by atoms with Crippen LogP contribution < -0.4 is 21.7 Å². The Kier molecular flexibility index (Phi) is 1.39. The highest BCUT2D eigenvalue weighted by Gasteiger charge is 2.28. The Morgan fingerprint density at radius 3 is 2.89 bits per heavy atom. The van der Waals surface area contributed by atoms with Crippen molar-refractivity contribution in [3.8, 4) is 0 Å². The van der Waals surface area contributed by atoms with Gasteiger partial charge in [-0.25, -0.2) is 10.9 Å². The maximum atomic E-state index is 3.31. The van der Waals surface area contributed by atoms with Gasteiger partial charge in [0.05, 0.1) is 6.04 Å². The molecule has 0 spiro atoms. The molecule has 2 saturated heterocycles. The molecule has 4 N–H and O–H groups in total. The highest BCUT2D eigenvalue weighted by Crippen LogP contribution is 2.04. The summed E-state index contributed by atoms with van der Waals surface area (Å²) in [5.74, 6) is 0. The molecular formula is C5H12N4.